The summed E-state index contributed by atoms with van der Waals surface area (Å²) in [5, 5.41) is 4.75. The molecule has 18 heavy (non-hydrogen) atoms. The van der Waals surface area contributed by atoms with Gasteiger partial charge in [0.15, 0.2) is 0 Å². The lowest BCUT2D eigenvalue weighted by Crippen LogP contribution is -2.18. The van der Waals surface area contributed by atoms with Gasteiger partial charge in [0.2, 0.25) is 0 Å². The molecule has 3 rings (SSSR count). The second-order valence-corrected chi connectivity index (χ2v) is 5.10. The van der Waals surface area contributed by atoms with Crippen LogP contribution in [0.4, 0.5) is 5.69 Å². The molecule has 0 aromatic carbocycles. The molecule has 0 radical (unpaired) electrons. The molecule has 0 bridgehead atoms. The van der Waals surface area contributed by atoms with Gasteiger partial charge in [-0.25, -0.2) is 0 Å². The molecule has 3 nitrogen and oxygen atoms in total. The predicted molar refractivity (Wildman–Crippen MR) is 74.7 cm³/mol. The fourth-order valence-corrected chi connectivity index (χ4v) is 2.75. The summed E-state index contributed by atoms with van der Waals surface area (Å²) in [6, 6.07) is 4.61. The summed E-state index contributed by atoms with van der Waals surface area (Å²) in [5.41, 5.74) is 2.12. The topological polar surface area (TPSA) is 37.8 Å². The third-order valence-corrected chi connectivity index (χ3v) is 3.73. The summed E-state index contributed by atoms with van der Waals surface area (Å²) in [4.78, 5) is 8.77. The first-order chi connectivity index (χ1) is 8.93. The van der Waals surface area contributed by atoms with E-state index >= 15 is 0 Å². The number of nitrogens with one attached hydrogen (secondary N) is 1. The van der Waals surface area contributed by atoms with E-state index in [9.17, 15) is 0 Å². The van der Waals surface area contributed by atoms with Crippen LogP contribution in [0.15, 0.2) is 30.7 Å². The Kier molecular flexibility index (Phi) is 3.40. The number of rotatable bonds is 2. The first-order valence-electron chi connectivity index (χ1n) is 6.89. The zero-order valence-electron chi connectivity index (χ0n) is 10.6. The Balaban J connectivity index is 1.85. The molecule has 0 saturated heterocycles. The van der Waals surface area contributed by atoms with Crippen molar-refractivity contribution in [2.24, 2.45) is 0 Å². The van der Waals surface area contributed by atoms with Gasteiger partial charge in [0.25, 0.3) is 0 Å². The van der Waals surface area contributed by atoms with Gasteiger partial charge in [0, 0.05) is 23.8 Å². The molecule has 0 spiro atoms. The van der Waals surface area contributed by atoms with Gasteiger partial charge in [-0.1, -0.05) is 25.7 Å². The molecule has 1 aliphatic carbocycles. The highest BCUT2D eigenvalue weighted by Gasteiger charge is 2.13. The summed E-state index contributed by atoms with van der Waals surface area (Å²) in [5.74, 6) is 0. The maximum Gasteiger partial charge on any atom is 0.0964 e. The van der Waals surface area contributed by atoms with Crippen LogP contribution in [-0.4, -0.2) is 16.0 Å². The molecule has 1 fully saturated rings. The van der Waals surface area contributed by atoms with Gasteiger partial charge in [-0.05, 0) is 25.0 Å². The Hall–Kier alpha value is -1.64. The van der Waals surface area contributed by atoms with Crippen LogP contribution >= 0.6 is 0 Å². The quantitative estimate of drug-likeness (QED) is 0.813. The van der Waals surface area contributed by atoms with Crippen LogP contribution in [0.25, 0.3) is 10.9 Å². The smallest absolute Gasteiger partial charge is 0.0964 e. The molecular weight excluding hydrogens is 222 g/mol. The van der Waals surface area contributed by atoms with Crippen LogP contribution in [-0.2, 0) is 0 Å². The first kappa shape index (κ1) is 11.5. The van der Waals surface area contributed by atoms with E-state index in [2.05, 4.69) is 21.4 Å². The Morgan fingerprint density at radius 1 is 1.06 bits per heavy atom. The third kappa shape index (κ3) is 2.45. The highest BCUT2D eigenvalue weighted by molar-refractivity contribution is 5.89. The van der Waals surface area contributed by atoms with E-state index in [1.54, 1.807) is 0 Å². The number of aromatic nitrogens is 2. The summed E-state index contributed by atoms with van der Waals surface area (Å²) in [6.07, 6.45) is 13.6. The normalized spacial score (nSPS) is 17.6. The van der Waals surface area contributed by atoms with Crippen molar-refractivity contribution in [3.05, 3.63) is 30.7 Å². The van der Waals surface area contributed by atoms with Crippen molar-refractivity contribution < 1.29 is 0 Å². The van der Waals surface area contributed by atoms with E-state index in [-0.39, 0.29) is 0 Å². The highest BCUT2D eigenvalue weighted by Crippen LogP contribution is 2.24. The summed E-state index contributed by atoms with van der Waals surface area (Å²) >= 11 is 0. The van der Waals surface area contributed by atoms with Crippen LogP contribution in [0.2, 0.25) is 0 Å². The maximum absolute atomic E-state index is 4.47. The molecule has 0 amide bonds. The summed E-state index contributed by atoms with van der Waals surface area (Å²) in [6.45, 7) is 0. The maximum atomic E-state index is 4.47. The Morgan fingerprint density at radius 3 is 2.72 bits per heavy atom. The third-order valence-electron chi connectivity index (χ3n) is 3.73. The van der Waals surface area contributed by atoms with Gasteiger partial charge < -0.3 is 5.32 Å². The SMILES string of the molecule is c1cnc2c(NC3CCCCCC3)cncc2c1. The zero-order valence-corrected chi connectivity index (χ0v) is 10.6. The minimum atomic E-state index is 0.585. The van der Waals surface area contributed by atoms with Crippen molar-refractivity contribution in [2.45, 2.75) is 44.6 Å². The van der Waals surface area contributed by atoms with Crippen molar-refractivity contribution in [1.29, 1.82) is 0 Å². The molecule has 3 heteroatoms. The molecule has 1 N–H and O–H groups in total. The van der Waals surface area contributed by atoms with Gasteiger partial charge in [-0.2, -0.15) is 0 Å². The van der Waals surface area contributed by atoms with Gasteiger partial charge in [0.1, 0.15) is 0 Å². The molecule has 2 heterocycles. The van der Waals surface area contributed by atoms with Crippen molar-refractivity contribution in [2.75, 3.05) is 5.32 Å². The number of pyridine rings is 2. The fourth-order valence-electron chi connectivity index (χ4n) is 2.75. The van der Waals surface area contributed by atoms with E-state index in [0.29, 0.717) is 6.04 Å². The molecule has 0 unspecified atom stereocenters. The Morgan fingerprint density at radius 2 is 1.89 bits per heavy atom. The Labute approximate surface area is 108 Å². The van der Waals surface area contributed by atoms with E-state index in [0.717, 1.165) is 16.6 Å². The standard InChI is InChI=1S/C15H19N3/c1-2-4-8-13(7-3-1)18-14-11-16-10-12-6-5-9-17-15(12)14/h5-6,9-11,13,18H,1-4,7-8H2. The number of hydrogen-bond acceptors (Lipinski definition) is 3. The second kappa shape index (κ2) is 5.34. The average molecular weight is 241 g/mol. The molecule has 0 aliphatic heterocycles. The van der Waals surface area contributed by atoms with E-state index in [1.807, 2.05) is 24.7 Å². The lowest BCUT2D eigenvalue weighted by molar-refractivity contribution is 0.620. The average Bonchev–Trinajstić information content (AvgIpc) is 2.68. The van der Waals surface area contributed by atoms with Crippen LogP contribution in [0.5, 0.6) is 0 Å². The van der Waals surface area contributed by atoms with Gasteiger partial charge in [0.05, 0.1) is 17.4 Å². The van der Waals surface area contributed by atoms with Gasteiger partial charge in [-0.3, -0.25) is 9.97 Å². The zero-order chi connectivity index (χ0) is 12.2. The van der Waals surface area contributed by atoms with Gasteiger partial charge >= 0.3 is 0 Å². The van der Waals surface area contributed by atoms with Crippen molar-refractivity contribution in [3.63, 3.8) is 0 Å². The minimum absolute atomic E-state index is 0.585. The van der Waals surface area contributed by atoms with Crippen molar-refractivity contribution in [3.8, 4) is 0 Å². The van der Waals surface area contributed by atoms with Gasteiger partial charge in [-0.15, -0.1) is 0 Å². The second-order valence-electron chi connectivity index (χ2n) is 5.10. The number of fused-ring (bicyclic) bond motifs is 1. The predicted octanol–water partition coefficient (Wildman–Crippen LogP) is 3.76. The van der Waals surface area contributed by atoms with E-state index in [4.69, 9.17) is 0 Å². The van der Waals surface area contributed by atoms with Crippen molar-refractivity contribution >= 4 is 16.6 Å². The van der Waals surface area contributed by atoms with Crippen LogP contribution in [0, 0.1) is 0 Å². The molecule has 0 atom stereocenters. The van der Waals surface area contributed by atoms with Crippen LogP contribution in [0.1, 0.15) is 38.5 Å². The molecular formula is C15H19N3. The largest absolute Gasteiger partial charge is 0.379 e. The summed E-state index contributed by atoms with van der Waals surface area (Å²) < 4.78 is 0. The molecule has 1 saturated carbocycles. The monoisotopic (exact) mass is 241 g/mol. The lowest BCUT2D eigenvalue weighted by atomic mass is 10.1. The van der Waals surface area contributed by atoms with Crippen LogP contribution in [0.3, 0.4) is 0 Å². The van der Waals surface area contributed by atoms with Crippen molar-refractivity contribution in [1.82, 2.24) is 9.97 Å². The summed E-state index contributed by atoms with van der Waals surface area (Å²) in [7, 11) is 0. The molecule has 1 aliphatic rings. The lowest BCUT2D eigenvalue weighted by Gasteiger charge is -2.18. The molecule has 94 valence electrons. The fraction of sp³-hybridized carbons (Fsp3) is 0.467. The highest BCUT2D eigenvalue weighted by atomic mass is 14.9. The number of nitrogens with zero attached hydrogens (tertiary/aromatic N) is 2. The molecule has 2 aromatic heterocycles. The van der Waals surface area contributed by atoms with E-state index < -0.39 is 0 Å². The number of anilines is 1. The first-order valence-corrected chi connectivity index (χ1v) is 6.89. The minimum Gasteiger partial charge on any atom is -0.379 e. The number of hydrogen-bond donors (Lipinski definition) is 1. The van der Waals surface area contributed by atoms with E-state index in [1.165, 1.54) is 38.5 Å². The van der Waals surface area contributed by atoms with Crippen LogP contribution < -0.4 is 5.32 Å². The Bertz CT molecular complexity index is 511. The molecule has 2 aromatic rings.